The average Bonchev–Trinajstić information content (AvgIpc) is 2.52. The van der Waals surface area contributed by atoms with E-state index in [1.54, 1.807) is 17.9 Å². The van der Waals surface area contributed by atoms with Crippen LogP contribution in [0.25, 0.3) is 0 Å². The van der Waals surface area contributed by atoms with E-state index < -0.39 is 22.0 Å². The van der Waals surface area contributed by atoms with E-state index in [1.165, 1.54) is 0 Å². The molecule has 0 saturated carbocycles. The zero-order valence-electron chi connectivity index (χ0n) is 12.6. The quantitative estimate of drug-likeness (QED) is 0.772. The predicted molar refractivity (Wildman–Crippen MR) is 85.2 cm³/mol. The first-order valence-corrected chi connectivity index (χ1v) is 9.05. The van der Waals surface area contributed by atoms with Gasteiger partial charge in [-0.1, -0.05) is 36.4 Å². The van der Waals surface area contributed by atoms with Gasteiger partial charge in [-0.15, -0.1) is 6.58 Å². The standard InChI is InChI=1S/C16H21NO4S/c1-3-10-21-13(2)16(18)17-9-11-22(19,20)12-15(17)14-7-5-4-6-8-14/h3-8,13,15H,1,9-12H2,2H3/t13-,15-/m0/s1. The third-order valence-corrected chi connectivity index (χ3v) is 5.34. The van der Waals surface area contributed by atoms with Crippen molar-refractivity contribution in [2.45, 2.75) is 19.1 Å². The highest BCUT2D eigenvalue weighted by Crippen LogP contribution is 2.27. The predicted octanol–water partition coefficient (Wildman–Crippen LogP) is 1.58. The smallest absolute Gasteiger partial charge is 0.252 e. The number of nitrogens with zero attached hydrogens (tertiary/aromatic N) is 1. The van der Waals surface area contributed by atoms with Gasteiger partial charge in [0.1, 0.15) is 6.10 Å². The lowest BCUT2D eigenvalue weighted by molar-refractivity contribution is -0.144. The molecule has 1 aromatic carbocycles. The summed E-state index contributed by atoms with van der Waals surface area (Å²) < 4.78 is 29.3. The molecule has 1 heterocycles. The van der Waals surface area contributed by atoms with Crippen LogP contribution in [0.5, 0.6) is 0 Å². The lowest BCUT2D eigenvalue weighted by Gasteiger charge is -2.37. The molecule has 22 heavy (non-hydrogen) atoms. The minimum atomic E-state index is -3.14. The van der Waals surface area contributed by atoms with Gasteiger partial charge < -0.3 is 9.64 Å². The Balaban J connectivity index is 2.24. The Morgan fingerprint density at radius 1 is 1.45 bits per heavy atom. The Kier molecular flexibility index (Phi) is 5.37. The number of sulfone groups is 1. The third kappa shape index (κ3) is 3.96. The molecular formula is C16H21NO4S. The summed E-state index contributed by atoms with van der Waals surface area (Å²) in [6.45, 7) is 5.72. The van der Waals surface area contributed by atoms with Crippen LogP contribution in [0.4, 0.5) is 0 Å². The van der Waals surface area contributed by atoms with E-state index in [1.807, 2.05) is 30.3 Å². The van der Waals surface area contributed by atoms with E-state index in [2.05, 4.69) is 6.58 Å². The van der Waals surface area contributed by atoms with Crippen LogP contribution in [0.2, 0.25) is 0 Å². The zero-order chi connectivity index (χ0) is 16.2. The van der Waals surface area contributed by atoms with Crippen molar-refractivity contribution in [3.63, 3.8) is 0 Å². The van der Waals surface area contributed by atoms with Gasteiger partial charge >= 0.3 is 0 Å². The average molecular weight is 323 g/mol. The van der Waals surface area contributed by atoms with Crippen molar-refractivity contribution in [1.29, 1.82) is 0 Å². The molecule has 2 atom stereocenters. The van der Waals surface area contributed by atoms with Gasteiger partial charge in [0.25, 0.3) is 5.91 Å². The van der Waals surface area contributed by atoms with Gasteiger partial charge in [0.05, 0.1) is 24.2 Å². The molecule has 0 bridgehead atoms. The van der Waals surface area contributed by atoms with Crippen molar-refractivity contribution in [2.75, 3.05) is 24.7 Å². The molecule has 1 amide bonds. The third-order valence-electron chi connectivity index (χ3n) is 3.71. The summed E-state index contributed by atoms with van der Waals surface area (Å²) >= 11 is 0. The molecule has 0 spiro atoms. The number of rotatable bonds is 5. The Hall–Kier alpha value is -1.66. The summed E-state index contributed by atoms with van der Waals surface area (Å²) in [6, 6.07) is 8.79. The number of carbonyl (C=O) groups is 1. The normalized spacial score (nSPS) is 22.0. The molecule has 2 rings (SSSR count). The molecule has 0 aromatic heterocycles. The SMILES string of the molecule is C=CCO[C@@H](C)C(=O)N1CCS(=O)(=O)C[C@H]1c1ccccc1. The van der Waals surface area contributed by atoms with Crippen molar-refractivity contribution in [1.82, 2.24) is 4.90 Å². The van der Waals surface area contributed by atoms with Gasteiger partial charge in [-0.3, -0.25) is 4.79 Å². The van der Waals surface area contributed by atoms with E-state index >= 15 is 0 Å². The van der Waals surface area contributed by atoms with Crippen LogP contribution in [0.15, 0.2) is 43.0 Å². The molecule has 1 fully saturated rings. The van der Waals surface area contributed by atoms with Gasteiger partial charge in [0.2, 0.25) is 0 Å². The molecule has 1 aliphatic rings. The summed E-state index contributed by atoms with van der Waals surface area (Å²) in [7, 11) is -3.14. The van der Waals surface area contributed by atoms with Gasteiger partial charge in [-0.25, -0.2) is 8.42 Å². The highest BCUT2D eigenvalue weighted by Gasteiger charge is 2.36. The van der Waals surface area contributed by atoms with Crippen molar-refractivity contribution in [2.24, 2.45) is 0 Å². The molecule has 0 unspecified atom stereocenters. The second-order valence-corrected chi connectivity index (χ2v) is 7.57. The lowest BCUT2D eigenvalue weighted by atomic mass is 10.1. The van der Waals surface area contributed by atoms with Gasteiger partial charge in [0, 0.05) is 6.54 Å². The summed E-state index contributed by atoms with van der Waals surface area (Å²) in [5.41, 5.74) is 0.829. The number of hydrogen-bond donors (Lipinski definition) is 0. The monoisotopic (exact) mass is 323 g/mol. The minimum absolute atomic E-state index is 0.00372. The molecular weight excluding hydrogens is 302 g/mol. The molecule has 5 nitrogen and oxygen atoms in total. The van der Waals surface area contributed by atoms with Gasteiger partial charge in [-0.2, -0.15) is 0 Å². The van der Waals surface area contributed by atoms with Crippen molar-refractivity contribution in [3.8, 4) is 0 Å². The lowest BCUT2D eigenvalue weighted by Crippen LogP contribution is -2.49. The number of hydrogen-bond acceptors (Lipinski definition) is 4. The second-order valence-electron chi connectivity index (χ2n) is 5.34. The van der Waals surface area contributed by atoms with Crippen LogP contribution >= 0.6 is 0 Å². The maximum Gasteiger partial charge on any atom is 0.252 e. The van der Waals surface area contributed by atoms with Crippen LogP contribution in [0, 0.1) is 0 Å². The Bertz CT molecular complexity index is 627. The fourth-order valence-electron chi connectivity index (χ4n) is 2.54. The molecule has 6 heteroatoms. The minimum Gasteiger partial charge on any atom is -0.365 e. The number of benzene rings is 1. The van der Waals surface area contributed by atoms with Crippen molar-refractivity contribution < 1.29 is 17.9 Å². The molecule has 0 radical (unpaired) electrons. The maximum atomic E-state index is 12.6. The van der Waals surface area contributed by atoms with E-state index in [9.17, 15) is 13.2 Å². The Morgan fingerprint density at radius 3 is 2.77 bits per heavy atom. The second kappa shape index (κ2) is 7.07. The molecule has 1 aliphatic heterocycles. The van der Waals surface area contributed by atoms with Crippen LogP contribution in [0.1, 0.15) is 18.5 Å². The first-order chi connectivity index (χ1) is 10.4. The zero-order valence-corrected chi connectivity index (χ0v) is 13.5. The van der Waals surface area contributed by atoms with Crippen molar-refractivity contribution in [3.05, 3.63) is 48.6 Å². The van der Waals surface area contributed by atoms with Crippen LogP contribution < -0.4 is 0 Å². The Labute approximate surface area is 131 Å². The first-order valence-electron chi connectivity index (χ1n) is 7.23. The number of ether oxygens (including phenoxy) is 1. The molecule has 1 aromatic rings. The highest BCUT2D eigenvalue weighted by molar-refractivity contribution is 7.91. The highest BCUT2D eigenvalue weighted by atomic mass is 32.2. The molecule has 0 N–H and O–H groups in total. The number of carbonyl (C=O) groups excluding carboxylic acids is 1. The van der Waals surface area contributed by atoms with Crippen molar-refractivity contribution >= 4 is 15.7 Å². The van der Waals surface area contributed by atoms with E-state index in [-0.39, 0.29) is 30.6 Å². The first kappa shape index (κ1) is 16.7. The largest absolute Gasteiger partial charge is 0.365 e. The molecule has 1 saturated heterocycles. The molecule has 120 valence electrons. The summed E-state index contributed by atoms with van der Waals surface area (Å²) in [5, 5.41) is 0. The van der Waals surface area contributed by atoms with E-state index in [0.717, 1.165) is 5.56 Å². The molecule has 0 aliphatic carbocycles. The van der Waals surface area contributed by atoms with Gasteiger partial charge in [-0.05, 0) is 12.5 Å². The van der Waals surface area contributed by atoms with E-state index in [0.29, 0.717) is 0 Å². The van der Waals surface area contributed by atoms with Gasteiger partial charge in [0.15, 0.2) is 9.84 Å². The summed E-state index contributed by atoms with van der Waals surface area (Å²) in [5.74, 6) is -0.238. The summed E-state index contributed by atoms with van der Waals surface area (Å²) in [4.78, 5) is 14.2. The fourth-order valence-corrected chi connectivity index (χ4v) is 4.03. The van der Waals surface area contributed by atoms with E-state index in [4.69, 9.17) is 4.74 Å². The van der Waals surface area contributed by atoms with Crippen LogP contribution in [-0.4, -0.2) is 50.0 Å². The summed E-state index contributed by atoms with van der Waals surface area (Å²) in [6.07, 6.45) is 0.962. The maximum absolute atomic E-state index is 12.6. The topological polar surface area (TPSA) is 63.7 Å². The Morgan fingerprint density at radius 2 is 2.14 bits per heavy atom. The number of amides is 1. The van der Waals surface area contributed by atoms with Crippen LogP contribution in [-0.2, 0) is 19.4 Å². The fraction of sp³-hybridized carbons (Fsp3) is 0.438. The van der Waals surface area contributed by atoms with Crippen LogP contribution in [0.3, 0.4) is 0 Å².